The number of carboxylic acids is 3. The van der Waals surface area contributed by atoms with Crippen LogP contribution in [0.5, 0.6) is 0 Å². The molecule has 3 saturated heterocycles. The first-order valence-corrected chi connectivity index (χ1v) is 39.4. The summed E-state index contributed by atoms with van der Waals surface area (Å²) in [4.78, 5) is 108. The molecule has 12 rings (SSSR count). The number of methoxy groups -OCH3 is 3. The lowest BCUT2D eigenvalue weighted by molar-refractivity contribution is -0.150. The van der Waals surface area contributed by atoms with Crippen LogP contribution in [0.2, 0.25) is 15.1 Å². The maximum atomic E-state index is 14.5. The number of nitrogens with one attached hydrogen (secondary N) is 3. The molecule has 112 heavy (non-hydrogen) atoms. The first kappa shape index (κ1) is 85.8. The van der Waals surface area contributed by atoms with E-state index in [1.165, 1.54) is 91.7 Å². The number of amidine groups is 3. The van der Waals surface area contributed by atoms with Crippen molar-refractivity contribution in [1.82, 2.24) is 45.6 Å². The zero-order valence-electron chi connectivity index (χ0n) is 62.6. The monoisotopic (exact) mass is 1660 g/mol. The molecule has 6 N–H and O–H groups in total. The van der Waals surface area contributed by atoms with Gasteiger partial charge in [0.15, 0.2) is 32.5 Å². The Morgan fingerprint density at radius 3 is 1.37 bits per heavy atom. The summed E-state index contributed by atoms with van der Waals surface area (Å²) in [6, 6.07) is 9.92. The second-order valence-corrected chi connectivity index (χ2v) is 32.2. The molecule has 7 atom stereocenters. The van der Waals surface area contributed by atoms with Crippen LogP contribution < -0.4 is 16.0 Å². The van der Waals surface area contributed by atoms with Gasteiger partial charge in [-0.05, 0) is 71.1 Å². The maximum absolute atomic E-state index is 14.5. The fourth-order valence-corrected chi connectivity index (χ4v) is 16.2. The number of aliphatic imine (C=N–C) groups is 3. The highest BCUT2D eigenvalue weighted by atomic mass is 35.5. The van der Waals surface area contributed by atoms with Gasteiger partial charge < -0.3 is 59.7 Å². The number of hydrogen-bond donors (Lipinski definition) is 6. The third-order valence-electron chi connectivity index (χ3n) is 19.5. The standard InChI is InChI=1S/C26H30ClFN4O5S.2C25H28ClFN4O5S/c1-14(2)23-18(7-8-19(33)34)32(10-11-37-23)13-17-20(26(35)36-3)22(15-5-4-6-16(28)21(15)27)31-24(30-17)25-29-9-12-38-25;1-25(2,24(33)34)11-14-13-36-9-8-31(14)12-17-18(23(32)35-3)20(15-5-4-6-16(27)19(15)26)30-21(29-17)22-28-7-10-37-22;1-25(2,24(33)34)11-14-12-31(8-9-36-14)13-17-18(23(32)35-3)20(15-5-4-6-16(27)19(15)26)30-21(29-17)22-28-7-10-37-22/h4-6,9,12,14,18,22-23H,7-8,10-11,13H2,1-3H3,(H,30,31)(H,33,34);2*4-7,10,14,20H,8-9,11-13H2,1-3H3,(H,29,30)(H,33,34)/t18-,22+,23-;2*14?,20-/m100/s1. The lowest BCUT2D eigenvalue weighted by Gasteiger charge is -2.44. The van der Waals surface area contributed by atoms with Crippen LogP contribution in [0, 0.1) is 34.2 Å². The van der Waals surface area contributed by atoms with Crippen LogP contribution in [0.4, 0.5) is 13.2 Å². The summed E-state index contributed by atoms with van der Waals surface area (Å²) < 4.78 is 76.3. The Balaban J connectivity index is 0.000000178. The number of benzene rings is 3. The highest BCUT2D eigenvalue weighted by Crippen LogP contribution is 2.42. The van der Waals surface area contributed by atoms with Gasteiger partial charge in [0.25, 0.3) is 0 Å². The number of carboxylic acid groups (broad SMARTS) is 3. The Morgan fingerprint density at radius 2 is 0.973 bits per heavy atom. The van der Waals surface area contributed by atoms with Crippen molar-refractivity contribution in [2.75, 3.05) is 93.6 Å². The lowest BCUT2D eigenvalue weighted by Crippen LogP contribution is -2.55. The smallest absolute Gasteiger partial charge is 0.338 e. The van der Waals surface area contributed by atoms with E-state index in [0.29, 0.717) is 145 Å². The second-order valence-electron chi connectivity index (χ2n) is 28.4. The Morgan fingerprint density at radius 1 is 0.571 bits per heavy atom. The van der Waals surface area contributed by atoms with Crippen LogP contribution >= 0.6 is 68.8 Å². The third-order valence-corrected chi connectivity index (χ3v) is 23.0. The van der Waals surface area contributed by atoms with Gasteiger partial charge in [-0.2, -0.15) is 0 Å². The summed E-state index contributed by atoms with van der Waals surface area (Å²) in [5.74, 6) is -5.01. The highest BCUT2D eigenvalue weighted by molar-refractivity contribution is 7.12. The molecule has 600 valence electrons. The van der Waals surface area contributed by atoms with E-state index >= 15 is 0 Å². The van der Waals surface area contributed by atoms with Crippen molar-refractivity contribution in [3.8, 4) is 0 Å². The minimum Gasteiger partial charge on any atom is -0.481 e. The van der Waals surface area contributed by atoms with E-state index in [-0.39, 0.29) is 81.5 Å². The van der Waals surface area contributed by atoms with Crippen molar-refractivity contribution in [2.24, 2.45) is 31.7 Å². The molecule has 0 aliphatic carbocycles. The molecular weight excluding hydrogens is 1580 g/mol. The number of aromatic nitrogens is 3. The number of esters is 3. The van der Waals surface area contributed by atoms with Gasteiger partial charge in [-0.15, -0.1) is 34.0 Å². The summed E-state index contributed by atoms with van der Waals surface area (Å²) in [5, 5.41) is 45.1. The first-order chi connectivity index (χ1) is 53.4. The molecule has 0 bridgehead atoms. The van der Waals surface area contributed by atoms with Crippen molar-refractivity contribution in [2.45, 2.75) is 110 Å². The number of aliphatic carboxylic acids is 3. The molecule has 6 aliphatic rings. The van der Waals surface area contributed by atoms with Gasteiger partial charge in [0.1, 0.15) is 35.6 Å². The number of morpholine rings is 3. The number of nitrogens with zero attached hydrogens (tertiary/aromatic N) is 9. The molecule has 0 saturated carbocycles. The van der Waals surface area contributed by atoms with Crippen molar-refractivity contribution >= 4 is 122 Å². The van der Waals surface area contributed by atoms with Gasteiger partial charge in [-0.25, -0.2) is 42.5 Å². The van der Waals surface area contributed by atoms with Gasteiger partial charge in [-0.1, -0.05) is 85.0 Å². The quantitative estimate of drug-likeness (QED) is 0.0229. The lowest BCUT2D eigenvalue weighted by atomic mass is 9.85. The summed E-state index contributed by atoms with van der Waals surface area (Å²) in [6.45, 7) is 15.3. The summed E-state index contributed by atoms with van der Waals surface area (Å²) in [6.07, 6.45) is 5.48. The second kappa shape index (κ2) is 38.5. The van der Waals surface area contributed by atoms with E-state index in [4.69, 9.17) is 78.2 Å². The maximum Gasteiger partial charge on any atom is 0.338 e. The van der Waals surface area contributed by atoms with Crippen molar-refractivity contribution in [3.63, 3.8) is 0 Å². The predicted molar refractivity (Wildman–Crippen MR) is 416 cm³/mol. The fraction of sp³-hybridized carbons (Fsp3) is 0.447. The van der Waals surface area contributed by atoms with Gasteiger partial charge >= 0.3 is 35.8 Å². The molecule has 2 unspecified atom stereocenters. The van der Waals surface area contributed by atoms with E-state index in [0.717, 1.165) is 0 Å². The number of ether oxygens (including phenoxy) is 6. The summed E-state index contributed by atoms with van der Waals surface area (Å²) >= 11 is 23.1. The number of thiazole rings is 3. The van der Waals surface area contributed by atoms with Gasteiger partial charge in [-0.3, -0.25) is 44.1 Å². The van der Waals surface area contributed by atoms with E-state index in [2.05, 4.69) is 45.6 Å². The number of carbonyl (C=O) groups excluding carboxylic acids is 3. The fourth-order valence-electron chi connectivity index (χ4n) is 13.8. The van der Waals surface area contributed by atoms with Crippen molar-refractivity contribution < 1.29 is 85.7 Å². The molecule has 3 aromatic heterocycles. The molecule has 6 aliphatic heterocycles. The van der Waals surface area contributed by atoms with E-state index < -0.39 is 82.2 Å². The highest BCUT2D eigenvalue weighted by Gasteiger charge is 2.43. The van der Waals surface area contributed by atoms with Crippen LogP contribution in [0.3, 0.4) is 0 Å². The van der Waals surface area contributed by atoms with Gasteiger partial charge in [0, 0.05) is 133 Å². The predicted octanol–water partition coefficient (Wildman–Crippen LogP) is 11.4. The number of carbonyl (C=O) groups is 6. The van der Waals surface area contributed by atoms with Crippen molar-refractivity contribution in [1.29, 1.82) is 0 Å². The Kier molecular flexibility index (Phi) is 29.5. The molecule has 0 spiro atoms. The molecule has 36 heteroatoms. The number of rotatable bonds is 25. The average molecular weight is 1670 g/mol. The van der Waals surface area contributed by atoms with Gasteiger partial charge in [0.2, 0.25) is 0 Å². The van der Waals surface area contributed by atoms with Crippen molar-refractivity contribution in [3.05, 3.63) is 187 Å². The largest absolute Gasteiger partial charge is 0.481 e. The SMILES string of the molecule is COC(=O)C1=C(CN2CCOC(CC(C)(C)C(=O)O)C2)NC(c2nccs2)=N[C@H]1c1cccc(F)c1Cl.COC(=O)C1=C(CN2CCOCC2CC(C)(C)C(=O)O)NC(c2nccs2)=N[C@H]1c1cccc(F)c1Cl.COC(=O)C1=C(CN2CCO[C@H](C(C)C)[C@H]2CCC(=O)O)NC(c2nccs2)=N[C@H]1c1cccc(F)c1Cl. The summed E-state index contributed by atoms with van der Waals surface area (Å²) in [5.41, 5.74) is 1.18. The van der Waals surface area contributed by atoms with E-state index in [1.807, 2.05) is 13.8 Å². The molecule has 3 aromatic carbocycles. The molecule has 27 nitrogen and oxygen atoms in total. The molecular formula is C76H86Cl3F3N12O15S3. The molecule has 0 amide bonds. The number of hydrogen-bond acceptors (Lipinski definition) is 27. The van der Waals surface area contributed by atoms with Crippen LogP contribution in [-0.2, 0) is 57.2 Å². The third kappa shape index (κ3) is 20.7. The Labute approximate surface area is 671 Å². The average Bonchev–Trinajstić information content (AvgIpc) is 0.948. The van der Waals surface area contributed by atoms with Gasteiger partial charge in [0.05, 0.1) is 103 Å². The Bertz CT molecular complexity index is 4610. The summed E-state index contributed by atoms with van der Waals surface area (Å²) in [7, 11) is 3.82. The molecule has 9 heterocycles. The zero-order valence-corrected chi connectivity index (χ0v) is 67.4. The topological polar surface area (TPSA) is 340 Å². The van der Waals surface area contributed by atoms with Crippen LogP contribution in [0.15, 0.2) is 138 Å². The zero-order chi connectivity index (χ0) is 80.9. The number of halogens is 6. The molecule has 0 radical (unpaired) electrons. The van der Waals surface area contributed by atoms with Crippen LogP contribution in [0.1, 0.15) is 117 Å². The van der Waals surface area contributed by atoms with E-state index in [1.54, 1.807) is 80.6 Å². The van der Waals surface area contributed by atoms with Crippen LogP contribution in [-0.4, -0.2) is 216 Å². The van der Waals surface area contributed by atoms with E-state index in [9.17, 15) is 57.3 Å². The van der Waals surface area contributed by atoms with Crippen LogP contribution in [0.25, 0.3) is 0 Å². The molecule has 6 aromatic rings. The normalized spacial score (nSPS) is 21.3. The molecule has 3 fully saturated rings. The first-order valence-electron chi connectivity index (χ1n) is 35.6. The Hall–Kier alpha value is -8.58. The minimum atomic E-state index is -0.978. The minimum absolute atomic E-state index is 0.0164.